The van der Waals surface area contributed by atoms with E-state index in [1.807, 2.05) is 0 Å². The molecule has 5 nitrogen and oxygen atoms in total. The van der Waals surface area contributed by atoms with Crippen molar-refractivity contribution in [3.63, 3.8) is 0 Å². The summed E-state index contributed by atoms with van der Waals surface area (Å²) < 4.78 is 0. The van der Waals surface area contributed by atoms with Crippen LogP contribution in [-0.2, 0) is 4.79 Å². The predicted octanol–water partition coefficient (Wildman–Crippen LogP) is 1.59. The molecule has 1 amide bonds. The molecule has 92 valence electrons. The first kappa shape index (κ1) is 12.1. The Hall–Kier alpha value is -1.36. The Morgan fingerprint density at radius 2 is 2.06 bits per heavy atom. The lowest BCUT2D eigenvalue weighted by Gasteiger charge is -2.27. The highest BCUT2D eigenvalue weighted by atomic mass is 35.5. The second-order valence-electron chi connectivity index (χ2n) is 4.32. The molecule has 0 spiro atoms. The number of anilines is 1. The number of nitrogens with zero attached hydrogens (tertiary/aromatic N) is 2. The van der Waals surface area contributed by atoms with E-state index in [2.05, 4.69) is 15.3 Å². The summed E-state index contributed by atoms with van der Waals surface area (Å²) in [6, 6.07) is 2.03. The van der Waals surface area contributed by atoms with E-state index in [1.54, 1.807) is 6.07 Å². The van der Waals surface area contributed by atoms with Gasteiger partial charge in [0.05, 0.1) is 0 Å². The van der Waals surface area contributed by atoms with E-state index in [4.69, 9.17) is 17.3 Å². The maximum Gasteiger partial charge on any atom is 0.220 e. The van der Waals surface area contributed by atoms with E-state index in [0.29, 0.717) is 11.2 Å². The van der Waals surface area contributed by atoms with Crippen molar-refractivity contribution in [2.24, 2.45) is 11.7 Å². The fraction of sp³-hybridized carbons (Fsp3) is 0.545. The van der Waals surface area contributed by atoms with Gasteiger partial charge in [0, 0.05) is 18.0 Å². The minimum absolute atomic E-state index is 0.0297. The fourth-order valence-electron chi connectivity index (χ4n) is 2.14. The standard InChI is InChI=1S/C11H15ClN4O/c12-9-5-10(15-6-14-9)16-8-3-1-7(2-4-8)11(13)17/h5-8H,1-4H2,(H2,13,17)(H,14,15,16). The van der Waals surface area contributed by atoms with Gasteiger partial charge in [0.1, 0.15) is 17.3 Å². The van der Waals surface area contributed by atoms with Crippen LogP contribution in [-0.4, -0.2) is 21.9 Å². The Labute approximate surface area is 105 Å². The first-order valence-corrected chi connectivity index (χ1v) is 6.06. The average molecular weight is 255 g/mol. The van der Waals surface area contributed by atoms with Crippen molar-refractivity contribution in [2.75, 3.05) is 5.32 Å². The summed E-state index contributed by atoms with van der Waals surface area (Å²) in [6.07, 6.45) is 4.96. The summed E-state index contributed by atoms with van der Waals surface area (Å²) in [5, 5.41) is 3.72. The molecule has 0 radical (unpaired) electrons. The van der Waals surface area contributed by atoms with E-state index in [1.165, 1.54) is 6.33 Å². The van der Waals surface area contributed by atoms with Gasteiger partial charge in [0.2, 0.25) is 5.91 Å². The lowest BCUT2D eigenvalue weighted by Crippen LogP contribution is -2.32. The van der Waals surface area contributed by atoms with Crippen LogP contribution in [0.5, 0.6) is 0 Å². The van der Waals surface area contributed by atoms with Crippen molar-refractivity contribution in [1.29, 1.82) is 0 Å². The summed E-state index contributed by atoms with van der Waals surface area (Å²) in [7, 11) is 0. The van der Waals surface area contributed by atoms with Crippen LogP contribution in [0.15, 0.2) is 12.4 Å². The summed E-state index contributed by atoms with van der Waals surface area (Å²) >= 11 is 5.77. The molecular formula is C11H15ClN4O. The number of amides is 1. The number of carbonyl (C=O) groups is 1. The van der Waals surface area contributed by atoms with Gasteiger partial charge in [0.25, 0.3) is 0 Å². The minimum atomic E-state index is -0.187. The molecule has 0 saturated heterocycles. The number of primary amides is 1. The highest BCUT2D eigenvalue weighted by Crippen LogP contribution is 2.26. The normalized spacial score (nSPS) is 24.3. The lowest BCUT2D eigenvalue weighted by atomic mass is 9.85. The molecule has 1 aliphatic rings. The van der Waals surface area contributed by atoms with E-state index >= 15 is 0 Å². The minimum Gasteiger partial charge on any atom is -0.369 e. The first-order chi connectivity index (χ1) is 8.15. The molecule has 1 fully saturated rings. The Bertz CT molecular complexity index is 404. The number of hydrogen-bond acceptors (Lipinski definition) is 4. The molecule has 17 heavy (non-hydrogen) atoms. The molecule has 1 aromatic rings. The fourth-order valence-corrected chi connectivity index (χ4v) is 2.29. The van der Waals surface area contributed by atoms with Crippen LogP contribution in [0.2, 0.25) is 5.15 Å². The van der Waals surface area contributed by atoms with Gasteiger partial charge in [-0.1, -0.05) is 11.6 Å². The topological polar surface area (TPSA) is 80.9 Å². The van der Waals surface area contributed by atoms with Gasteiger partial charge in [0.15, 0.2) is 0 Å². The monoisotopic (exact) mass is 254 g/mol. The van der Waals surface area contributed by atoms with Gasteiger partial charge in [-0.3, -0.25) is 4.79 Å². The van der Waals surface area contributed by atoms with Crippen LogP contribution in [0.25, 0.3) is 0 Å². The van der Waals surface area contributed by atoms with Crippen molar-refractivity contribution in [3.05, 3.63) is 17.5 Å². The molecule has 3 N–H and O–H groups in total. The average Bonchev–Trinajstić information content (AvgIpc) is 2.29. The molecule has 1 aliphatic carbocycles. The predicted molar refractivity (Wildman–Crippen MR) is 65.6 cm³/mol. The Morgan fingerprint density at radius 1 is 1.35 bits per heavy atom. The molecule has 1 aromatic heterocycles. The second kappa shape index (κ2) is 5.31. The van der Waals surface area contributed by atoms with E-state index < -0.39 is 0 Å². The van der Waals surface area contributed by atoms with E-state index in [-0.39, 0.29) is 11.8 Å². The number of nitrogens with two attached hydrogens (primary N) is 1. The number of aromatic nitrogens is 2. The van der Waals surface area contributed by atoms with Crippen molar-refractivity contribution in [2.45, 2.75) is 31.7 Å². The molecule has 1 saturated carbocycles. The largest absolute Gasteiger partial charge is 0.369 e. The molecule has 2 rings (SSSR count). The lowest BCUT2D eigenvalue weighted by molar-refractivity contribution is -0.122. The second-order valence-corrected chi connectivity index (χ2v) is 4.71. The van der Waals surface area contributed by atoms with Crippen molar-refractivity contribution >= 4 is 23.3 Å². The van der Waals surface area contributed by atoms with Crippen molar-refractivity contribution in [1.82, 2.24) is 9.97 Å². The summed E-state index contributed by atoms with van der Waals surface area (Å²) in [4.78, 5) is 18.9. The quantitative estimate of drug-likeness (QED) is 0.803. The molecule has 0 unspecified atom stereocenters. The number of carbonyl (C=O) groups excluding carboxylic acids is 1. The maximum absolute atomic E-state index is 11.0. The Kier molecular flexibility index (Phi) is 3.78. The zero-order chi connectivity index (χ0) is 12.3. The molecule has 0 aliphatic heterocycles. The van der Waals surface area contributed by atoms with Gasteiger partial charge in [-0.2, -0.15) is 0 Å². The number of halogens is 1. The highest BCUT2D eigenvalue weighted by molar-refractivity contribution is 6.29. The highest BCUT2D eigenvalue weighted by Gasteiger charge is 2.24. The van der Waals surface area contributed by atoms with Crippen LogP contribution in [0.3, 0.4) is 0 Å². The molecule has 0 bridgehead atoms. The smallest absolute Gasteiger partial charge is 0.220 e. The third-order valence-electron chi connectivity index (χ3n) is 3.12. The van der Waals surface area contributed by atoms with Gasteiger partial charge in [-0.15, -0.1) is 0 Å². The van der Waals surface area contributed by atoms with E-state index in [0.717, 1.165) is 31.5 Å². The maximum atomic E-state index is 11.0. The number of nitrogens with one attached hydrogen (secondary N) is 1. The SMILES string of the molecule is NC(=O)C1CCC(Nc2cc(Cl)ncn2)CC1. The van der Waals surface area contributed by atoms with Crippen LogP contribution in [0.1, 0.15) is 25.7 Å². The number of hydrogen-bond donors (Lipinski definition) is 2. The van der Waals surface area contributed by atoms with Gasteiger partial charge in [-0.25, -0.2) is 9.97 Å². The van der Waals surface area contributed by atoms with E-state index in [9.17, 15) is 4.79 Å². The third kappa shape index (κ3) is 3.30. The van der Waals surface area contributed by atoms with Crippen LogP contribution in [0, 0.1) is 5.92 Å². The molecule has 1 heterocycles. The summed E-state index contributed by atoms with van der Waals surface area (Å²) in [6.45, 7) is 0. The Balaban J connectivity index is 1.88. The molecule has 6 heteroatoms. The van der Waals surface area contributed by atoms with Gasteiger partial charge in [-0.05, 0) is 25.7 Å². The zero-order valence-electron chi connectivity index (χ0n) is 9.40. The van der Waals surface area contributed by atoms with Gasteiger partial charge < -0.3 is 11.1 Å². The van der Waals surface area contributed by atoms with Crippen LogP contribution >= 0.6 is 11.6 Å². The zero-order valence-corrected chi connectivity index (χ0v) is 10.2. The summed E-state index contributed by atoms with van der Waals surface area (Å²) in [5.74, 6) is 0.572. The van der Waals surface area contributed by atoms with Crippen molar-refractivity contribution in [3.8, 4) is 0 Å². The molecule has 0 atom stereocenters. The molecular weight excluding hydrogens is 240 g/mol. The first-order valence-electron chi connectivity index (χ1n) is 5.68. The van der Waals surface area contributed by atoms with Gasteiger partial charge >= 0.3 is 0 Å². The Morgan fingerprint density at radius 3 is 2.65 bits per heavy atom. The third-order valence-corrected chi connectivity index (χ3v) is 3.32. The van der Waals surface area contributed by atoms with Crippen LogP contribution in [0.4, 0.5) is 5.82 Å². The van der Waals surface area contributed by atoms with Crippen LogP contribution < -0.4 is 11.1 Å². The molecule has 0 aromatic carbocycles. The van der Waals surface area contributed by atoms with Crippen molar-refractivity contribution < 1.29 is 4.79 Å². The number of rotatable bonds is 3. The summed E-state index contributed by atoms with van der Waals surface area (Å²) in [5.41, 5.74) is 5.29.